The summed E-state index contributed by atoms with van der Waals surface area (Å²) in [6.45, 7) is 16.0. The van der Waals surface area contributed by atoms with Crippen molar-refractivity contribution in [2.24, 2.45) is 0 Å². The average Bonchev–Trinajstić information content (AvgIpc) is 3.21. The van der Waals surface area contributed by atoms with Gasteiger partial charge in [-0.2, -0.15) is 0 Å². The van der Waals surface area contributed by atoms with Gasteiger partial charge >= 0.3 is 0 Å². The highest BCUT2D eigenvalue weighted by Gasteiger charge is 2.30. The lowest BCUT2D eigenvalue weighted by Gasteiger charge is -2.30. The first-order valence-corrected chi connectivity index (χ1v) is 11.1. The molecule has 2 aromatic carbocycles. The molecule has 0 atom stereocenters. The first-order chi connectivity index (χ1) is 13.5. The molecule has 0 aromatic heterocycles. The number of benzene rings is 2. The first kappa shape index (κ1) is 20.3. The Hall–Kier alpha value is -2.02. The number of ether oxygens (including phenoxy) is 1. The zero-order chi connectivity index (χ0) is 21.1. The van der Waals surface area contributed by atoms with E-state index in [0.29, 0.717) is 0 Å². The summed E-state index contributed by atoms with van der Waals surface area (Å²) in [5.41, 5.74) is 13.2. The summed E-state index contributed by atoms with van der Waals surface area (Å²) in [6.07, 6.45) is 7.24. The average molecular weight is 389 g/mol. The van der Waals surface area contributed by atoms with Gasteiger partial charge in [0, 0.05) is 11.1 Å². The van der Waals surface area contributed by atoms with E-state index in [1.807, 2.05) is 7.11 Å². The van der Waals surface area contributed by atoms with Crippen molar-refractivity contribution in [3.63, 3.8) is 0 Å². The lowest BCUT2D eigenvalue weighted by Crippen LogP contribution is -2.19. The highest BCUT2D eigenvalue weighted by Crippen LogP contribution is 2.47. The molecule has 2 aromatic rings. The number of hydrogen-bond donors (Lipinski definition) is 0. The fourth-order valence-corrected chi connectivity index (χ4v) is 5.17. The third-order valence-corrected chi connectivity index (χ3v) is 6.58. The highest BCUT2D eigenvalue weighted by molar-refractivity contribution is 5.85. The predicted octanol–water partition coefficient (Wildman–Crippen LogP) is 7.41. The summed E-state index contributed by atoms with van der Waals surface area (Å²) in [7, 11) is 1.82. The molecule has 2 aliphatic rings. The van der Waals surface area contributed by atoms with Crippen LogP contribution in [0.15, 0.2) is 23.8 Å². The Labute approximate surface area is 177 Å². The van der Waals surface area contributed by atoms with Crippen molar-refractivity contribution in [2.45, 2.75) is 85.0 Å². The van der Waals surface area contributed by atoms with Crippen LogP contribution in [-0.2, 0) is 30.1 Å². The van der Waals surface area contributed by atoms with Crippen molar-refractivity contribution in [3.05, 3.63) is 57.2 Å². The second-order valence-electron chi connectivity index (χ2n) is 11.1. The van der Waals surface area contributed by atoms with Crippen molar-refractivity contribution >= 4 is 6.08 Å². The van der Waals surface area contributed by atoms with Crippen LogP contribution in [0.1, 0.15) is 88.3 Å². The number of allylic oxidation sites excluding steroid dienone is 1. The molecule has 2 aliphatic carbocycles. The zero-order valence-electron chi connectivity index (χ0n) is 19.5. The largest absolute Gasteiger partial charge is 0.496 e. The summed E-state index contributed by atoms with van der Waals surface area (Å²) in [5.74, 6) is 1.06. The third-order valence-electron chi connectivity index (χ3n) is 6.58. The number of aryl methyl sites for hydroxylation is 1. The molecule has 0 aliphatic heterocycles. The Morgan fingerprint density at radius 2 is 1.45 bits per heavy atom. The van der Waals surface area contributed by atoms with Crippen molar-refractivity contribution in [1.82, 2.24) is 0 Å². The molecule has 154 valence electrons. The molecule has 0 spiro atoms. The molecule has 29 heavy (non-hydrogen) atoms. The molecule has 4 rings (SSSR count). The monoisotopic (exact) mass is 388 g/mol. The minimum absolute atomic E-state index is 0.0221. The Bertz CT molecular complexity index is 971. The van der Waals surface area contributed by atoms with Crippen molar-refractivity contribution < 1.29 is 4.74 Å². The van der Waals surface area contributed by atoms with E-state index in [1.165, 1.54) is 58.2 Å². The second kappa shape index (κ2) is 6.76. The van der Waals surface area contributed by atoms with E-state index in [0.717, 1.165) is 12.2 Å². The lowest BCUT2D eigenvalue weighted by molar-refractivity contribution is 0.381. The molecule has 0 radical (unpaired) electrons. The number of rotatable bonds is 2. The van der Waals surface area contributed by atoms with E-state index in [1.54, 1.807) is 11.1 Å². The van der Waals surface area contributed by atoms with Crippen LogP contribution in [0, 0.1) is 0 Å². The van der Waals surface area contributed by atoms with Gasteiger partial charge in [-0.3, -0.25) is 0 Å². The summed E-state index contributed by atoms with van der Waals surface area (Å²) in [6, 6.07) is 7.33. The molecule has 0 saturated carbocycles. The summed E-state index contributed by atoms with van der Waals surface area (Å²) < 4.78 is 6.01. The highest BCUT2D eigenvalue weighted by atomic mass is 16.5. The van der Waals surface area contributed by atoms with Crippen LogP contribution >= 0.6 is 0 Å². The van der Waals surface area contributed by atoms with Crippen LogP contribution in [-0.4, -0.2) is 7.11 Å². The second-order valence-corrected chi connectivity index (χ2v) is 11.1. The SMILES string of the molecule is COc1c(C(C)(C)C)cc(-c2c3c(cc4c2CCC4)CC(C)=C3)cc1C(C)(C)C. The van der Waals surface area contributed by atoms with Gasteiger partial charge in [0.25, 0.3) is 0 Å². The number of hydrogen-bond acceptors (Lipinski definition) is 1. The number of fused-ring (bicyclic) bond motifs is 2. The minimum Gasteiger partial charge on any atom is -0.496 e. The summed E-state index contributed by atoms with van der Waals surface area (Å²) in [4.78, 5) is 0. The van der Waals surface area contributed by atoms with Crippen molar-refractivity contribution in [1.29, 1.82) is 0 Å². The Morgan fingerprint density at radius 1 is 0.828 bits per heavy atom. The van der Waals surface area contributed by atoms with Crippen LogP contribution in [0.4, 0.5) is 0 Å². The van der Waals surface area contributed by atoms with Crippen molar-refractivity contribution in [3.8, 4) is 16.9 Å². The third kappa shape index (κ3) is 3.43. The molecule has 1 nitrogen and oxygen atoms in total. The fraction of sp³-hybridized carbons (Fsp3) is 0.500. The van der Waals surface area contributed by atoms with Gasteiger partial charge in [0.1, 0.15) is 5.75 Å². The van der Waals surface area contributed by atoms with Crippen LogP contribution < -0.4 is 4.74 Å². The maximum atomic E-state index is 6.01. The van der Waals surface area contributed by atoms with E-state index in [4.69, 9.17) is 4.74 Å². The number of methoxy groups -OCH3 is 1. The molecule has 0 amide bonds. The quantitative estimate of drug-likeness (QED) is 0.520. The Morgan fingerprint density at radius 3 is 2.00 bits per heavy atom. The van der Waals surface area contributed by atoms with E-state index in [-0.39, 0.29) is 10.8 Å². The maximum absolute atomic E-state index is 6.01. The van der Waals surface area contributed by atoms with Gasteiger partial charge < -0.3 is 4.74 Å². The Balaban J connectivity index is 2.08. The maximum Gasteiger partial charge on any atom is 0.126 e. The van der Waals surface area contributed by atoms with E-state index in [2.05, 4.69) is 72.7 Å². The van der Waals surface area contributed by atoms with Gasteiger partial charge in [0.2, 0.25) is 0 Å². The first-order valence-electron chi connectivity index (χ1n) is 11.1. The molecular weight excluding hydrogens is 352 g/mol. The van der Waals surface area contributed by atoms with Crippen LogP contribution in [0.5, 0.6) is 5.75 Å². The van der Waals surface area contributed by atoms with Gasteiger partial charge in [-0.25, -0.2) is 0 Å². The molecule has 0 fully saturated rings. The van der Waals surface area contributed by atoms with E-state index in [9.17, 15) is 0 Å². The zero-order valence-corrected chi connectivity index (χ0v) is 19.5. The van der Waals surface area contributed by atoms with Gasteiger partial charge in [-0.15, -0.1) is 0 Å². The van der Waals surface area contributed by atoms with Gasteiger partial charge in [0.15, 0.2) is 0 Å². The van der Waals surface area contributed by atoms with E-state index < -0.39 is 0 Å². The molecule has 0 unspecified atom stereocenters. The van der Waals surface area contributed by atoms with Gasteiger partial charge in [-0.05, 0) is 89.0 Å². The minimum atomic E-state index is 0.0221. The van der Waals surface area contributed by atoms with Crippen LogP contribution in [0.25, 0.3) is 17.2 Å². The van der Waals surface area contributed by atoms with E-state index >= 15 is 0 Å². The summed E-state index contributed by atoms with van der Waals surface area (Å²) >= 11 is 0. The van der Waals surface area contributed by atoms with Crippen LogP contribution in [0.2, 0.25) is 0 Å². The van der Waals surface area contributed by atoms with Gasteiger partial charge in [0.05, 0.1) is 7.11 Å². The molecular formula is C28H36O. The lowest BCUT2D eigenvalue weighted by atomic mass is 9.76. The molecule has 0 saturated heterocycles. The molecule has 0 heterocycles. The topological polar surface area (TPSA) is 9.23 Å². The standard InChI is InChI=1S/C28H36O/c1-17-12-19-14-18-10-9-11-21(18)25(22(19)13-17)20-15-23(27(2,3)4)26(29-8)24(16-20)28(5,6)7/h13-16H,9-12H2,1-8H3. The van der Waals surface area contributed by atoms with Crippen LogP contribution in [0.3, 0.4) is 0 Å². The van der Waals surface area contributed by atoms with Gasteiger partial charge in [-0.1, -0.05) is 59.3 Å². The van der Waals surface area contributed by atoms with Crippen molar-refractivity contribution in [2.75, 3.05) is 7.11 Å². The molecule has 0 bridgehead atoms. The smallest absolute Gasteiger partial charge is 0.126 e. The Kier molecular flexibility index (Phi) is 4.72. The fourth-order valence-electron chi connectivity index (χ4n) is 5.17. The summed E-state index contributed by atoms with van der Waals surface area (Å²) in [5, 5.41) is 0. The molecule has 0 N–H and O–H groups in total. The normalized spacial score (nSPS) is 15.9. The molecule has 1 heteroatoms. The predicted molar refractivity (Wildman–Crippen MR) is 125 cm³/mol.